The molecule has 0 spiro atoms. The van der Waals surface area contributed by atoms with E-state index in [9.17, 15) is 0 Å². The van der Waals surface area contributed by atoms with Crippen molar-refractivity contribution in [2.75, 3.05) is 5.73 Å². The van der Waals surface area contributed by atoms with Crippen LogP contribution in [0, 0.1) is 12.3 Å². The maximum atomic E-state index is 9.00. The third-order valence-corrected chi connectivity index (χ3v) is 4.84. The zero-order valence-corrected chi connectivity index (χ0v) is 19.1. The summed E-state index contributed by atoms with van der Waals surface area (Å²) in [6.45, 7) is 7.18. The van der Waals surface area contributed by atoms with Crippen LogP contribution in [0.5, 0.6) is 0 Å². The van der Waals surface area contributed by atoms with E-state index in [1.165, 1.54) is 11.1 Å². The molecule has 5 nitrogen and oxygen atoms in total. The minimum absolute atomic E-state index is 0.627. The van der Waals surface area contributed by atoms with E-state index in [0.29, 0.717) is 12.1 Å². The molecule has 0 radical (unpaired) electrons. The first-order valence-corrected chi connectivity index (χ1v) is 10.6. The van der Waals surface area contributed by atoms with Crippen LogP contribution in [-0.4, -0.2) is 21.4 Å². The number of carboxylic acids is 1. The first kappa shape index (κ1) is 24.4. The first-order valence-electron chi connectivity index (χ1n) is 10.6. The molecule has 32 heavy (non-hydrogen) atoms. The number of hydrogen-bond acceptors (Lipinski definition) is 3. The van der Waals surface area contributed by atoms with Crippen molar-refractivity contribution in [3.8, 4) is 5.69 Å². The molecule has 166 valence electrons. The lowest BCUT2D eigenvalue weighted by Gasteiger charge is -2.06. The van der Waals surface area contributed by atoms with Crippen LogP contribution in [0.4, 0.5) is 5.69 Å². The third kappa shape index (κ3) is 6.08. The van der Waals surface area contributed by atoms with Crippen molar-refractivity contribution >= 4 is 28.3 Å². The Balaban J connectivity index is 0.000000547. The number of para-hydroxylation sites is 1. The fourth-order valence-electron chi connectivity index (χ4n) is 3.36. The second kappa shape index (κ2) is 11.5. The molecule has 0 aliphatic rings. The Bertz CT molecular complexity index is 1190. The number of fused-ring (bicyclic) bond motifs is 1. The molecule has 0 amide bonds. The van der Waals surface area contributed by atoms with E-state index in [0.717, 1.165) is 34.8 Å². The Hall–Kier alpha value is -3.86. The van der Waals surface area contributed by atoms with Crippen LogP contribution in [0.25, 0.3) is 16.6 Å². The summed E-state index contributed by atoms with van der Waals surface area (Å²) in [4.78, 5) is 9.00. The van der Waals surface area contributed by atoms with Crippen molar-refractivity contribution in [1.29, 1.82) is 5.41 Å². The summed E-state index contributed by atoms with van der Waals surface area (Å²) in [6.07, 6.45) is 2.69. The lowest BCUT2D eigenvalue weighted by Crippen LogP contribution is -2.04. The number of rotatable bonds is 4. The molecule has 3 aromatic carbocycles. The molecule has 0 bridgehead atoms. The fraction of sp³-hybridized carbons (Fsp3) is 0.185. The number of carboxylic acid groups (broad SMARTS) is 1. The van der Waals surface area contributed by atoms with Gasteiger partial charge in [0.05, 0.1) is 5.52 Å². The average molecular weight is 430 g/mol. The predicted molar refractivity (Wildman–Crippen MR) is 134 cm³/mol. The van der Waals surface area contributed by atoms with Crippen molar-refractivity contribution in [1.82, 2.24) is 4.57 Å². The highest BCUT2D eigenvalue weighted by Gasteiger charge is 2.14. The summed E-state index contributed by atoms with van der Waals surface area (Å²) in [5, 5.41) is 17.2. The molecule has 0 atom stereocenters. The topological polar surface area (TPSA) is 92.1 Å². The quantitative estimate of drug-likeness (QED) is 0.264. The van der Waals surface area contributed by atoms with Gasteiger partial charge < -0.3 is 20.8 Å². The molecule has 5 heteroatoms. The highest BCUT2D eigenvalue weighted by molar-refractivity contribution is 6.10. The van der Waals surface area contributed by atoms with Gasteiger partial charge in [0.15, 0.2) is 0 Å². The van der Waals surface area contributed by atoms with Gasteiger partial charge in [0.2, 0.25) is 0 Å². The van der Waals surface area contributed by atoms with Gasteiger partial charge >= 0.3 is 0 Å². The Morgan fingerprint density at radius 3 is 2.16 bits per heavy atom. The number of aryl methyl sites for hydroxylation is 1. The highest BCUT2D eigenvalue weighted by Crippen LogP contribution is 2.26. The maximum Gasteiger partial charge on any atom is 0.300 e. The molecule has 4 rings (SSSR count). The number of nitrogens with zero attached hydrogens (tertiary/aromatic N) is 1. The lowest BCUT2D eigenvalue weighted by atomic mass is 9.99. The Labute approximate surface area is 189 Å². The maximum absolute atomic E-state index is 9.00. The molecule has 1 heterocycles. The number of nitrogen functional groups attached to an aromatic ring is 1. The van der Waals surface area contributed by atoms with Crippen LogP contribution in [0.1, 0.15) is 37.5 Å². The smallest absolute Gasteiger partial charge is 0.300 e. The molecule has 4 N–H and O–H groups in total. The van der Waals surface area contributed by atoms with Gasteiger partial charge in [-0.1, -0.05) is 56.3 Å². The number of aliphatic carboxylic acids is 1. The Morgan fingerprint density at radius 2 is 1.53 bits per heavy atom. The van der Waals surface area contributed by atoms with Crippen LogP contribution >= 0.6 is 0 Å². The van der Waals surface area contributed by atoms with Crippen molar-refractivity contribution in [3.63, 3.8) is 0 Å². The highest BCUT2D eigenvalue weighted by atomic mass is 16.4. The van der Waals surface area contributed by atoms with Crippen molar-refractivity contribution in [2.45, 2.75) is 34.1 Å². The minimum Gasteiger partial charge on any atom is -0.481 e. The largest absolute Gasteiger partial charge is 0.481 e. The van der Waals surface area contributed by atoms with Crippen molar-refractivity contribution in [3.05, 3.63) is 95.7 Å². The van der Waals surface area contributed by atoms with Gasteiger partial charge in [-0.15, -0.1) is 0 Å². The third-order valence-electron chi connectivity index (χ3n) is 4.84. The Kier molecular flexibility index (Phi) is 8.78. The summed E-state index contributed by atoms with van der Waals surface area (Å²) in [7, 11) is 0. The lowest BCUT2D eigenvalue weighted by molar-refractivity contribution is -0.134. The van der Waals surface area contributed by atoms with E-state index in [1.54, 1.807) is 0 Å². The molecular formula is C27H31N3O2. The van der Waals surface area contributed by atoms with E-state index < -0.39 is 5.97 Å². The number of hydrogen-bond donors (Lipinski definition) is 3. The molecule has 1 aromatic heterocycles. The summed E-state index contributed by atoms with van der Waals surface area (Å²) in [5.74, 6) is -0.833. The summed E-state index contributed by atoms with van der Waals surface area (Å²) >= 11 is 0. The number of benzene rings is 3. The van der Waals surface area contributed by atoms with Gasteiger partial charge in [0.25, 0.3) is 5.97 Å². The zero-order valence-electron chi connectivity index (χ0n) is 19.1. The molecule has 0 saturated heterocycles. The van der Waals surface area contributed by atoms with E-state index in [2.05, 4.69) is 42.0 Å². The number of carbonyl (C=O) groups is 1. The Morgan fingerprint density at radius 1 is 0.969 bits per heavy atom. The van der Waals surface area contributed by atoms with E-state index in [4.69, 9.17) is 21.0 Å². The number of anilines is 1. The first-order chi connectivity index (χ1) is 15.4. The number of nitrogens with two attached hydrogens (primary N) is 1. The van der Waals surface area contributed by atoms with Crippen LogP contribution in [0.15, 0.2) is 79.0 Å². The van der Waals surface area contributed by atoms with Crippen LogP contribution in [0.2, 0.25) is 0 Å². The standard InChI is InChI=1S/C23H21N3.C2H4O2.C2H6/c1-16-6-2-3-7-17(16)14-22(25)21-15-26(19-12-10-18(24)11-13-19)23-9-5-4-8-20(21)23;1-2(3)4;1-2/h2-13,15,25H,14,24H2,1H3;1H3,(H,3,4);1-2H3. The van der Waals surface area contributed by atoms with Gasteiger partial charge in [-0.25, -0.2) is 0 Å². The molecular weight excluding hydrogens is 398 g/mol. The normalized spacial score (nSPS) is 9.88. The van der Waals surface area contributed by atoms with Gasteiger partial charge in [0.1, 0.15) is 0 Å². The fourth-order valence-corrected chi connectivity index (χ4v) is 3.36. The molecule has 0 aliphatic carbocycles. The molecule has 0 aliphatic heterocycles. The average Bonchev–Trinajstić information content (AvgIpc) is 3.17. The van der Waals surface area contributed by atoms with Gasteiger partial charge in [0, 0.05) is 47.6 Å². The van der Waals surface area contributed by atoms with Gasteiger partial charge in [-0.2, -0.15) is 0 Å². The van der Waals surface area contributed by atoms with Gasteiger partial charge in [-0.3, -0.25) is 4.79 Å². The van der Waals surface area contributed by atoms with Crippen LogP contribution in [0.3, 0.4) is 0 Å². The molecule has 4 aromatic rings. The number of aromatic nitrogens is 1. The van der Waals surface area contributed by atoms with Crippen LogP contribution in [-0.2, 0) is 11.2 Å². The monoisotopic (exact) mass is 429 g/mol. The van der Waals surface area contributed by atoms with Crippen LogP contribution < -0.4 is 5.73 Å². The molecule has 0 fully saturated rings. The minimum atomic E-state index is -0.833. The van der Waals surface area contributed by atoms with Crippen molar-refractivity contribution in [2.24, 2.45) is 0 Å². The summed E-state index contributed by atoms with van der Waals surface area (Å²) < 4.78 is 2.14. The van der Waals surface area contributed by atoms with E-state index >= 15 is 0 Å². The summed E-state index contributed by atoms with van der Waals surface area (Å²) in [5.41, 5.74) is 12.7. The summed E-state index contributed by atoms with van der Waals surface area (Å²) in [6, 6.07) is 24.3. The van der Waals surface area contributed by atoms with E-state index in [-0.39, 0.29) is 0 Å². The molecule has 0 saturated carbocycles. The second-order valence-corrected chi connectivity index (χ2v) is 7.12. The van der Waals surface area contributed by atoms with Crippen molar-refractivity contribution < 1.29 is 9.90 Å². The van der Waals surface area contributed by atoms with E-state index in [1.807, 2.05) is 62.4 Å². The SMILES string of the molecule is CC.CC(=O)O.Cc1ccccc1CC(=N)c1cn(-c2ccc(N)cc2)c2ccccc12. The predicted octanol–water partition coefficient (Wildman–Crippen LogP) is 6.25. The van der Waals surface area contributed by atoms with Gasteiger partial charge in [-0.05, 0) is 48.4 Å². The zero-order chi connectivity index (χ0) is 23.7. The number of nitrogens with one attached hydrogen (secondary N) is 1. The second-order valence-electron chi connectivity index (χ2n) is 7.12. The molecule has 0 unspecified atom stereocenters.